The molecule has 0 fully saturated rings. The average Bonchev–Trinajstić information content (AvgIpc) is 3.21. The van der Waals surface area contributed by atoms with Gasteiger partial charge in [-0.3, -0.25) is 0 Å². The minimum Gasteiger partial charge on any atom is -0.333 e. The highest BCUT2D eigenvalue weighted by Gasteiger charge is 2.12. The first kappa shape index (κ1) is 15.4. The Bertz CT molecular complexity index is 979. The van der Waals surface area contributed by atoms with Gasteiger partial charge in [-0.05, 0) is 40.8 Å². The number of thioether (sulfide) groups is 1. The van der Waals surface area contributed by atoms with Crippen molar-refractivity contribution in [2.24, 2.45) is 0 Å². The van der Waals surface area contributed by atoms with E-state index in [2.05, 4.69) is 25.5 Å². The normalized spacial score (nSPS) is 11.2. The maximum absolute atomic E-state index is 6.07. The monoisotopic (exact) mass is 376 g/mol. The summed E-state index contributed by atoms with van der Waals surface area (Å²) in [5.74, 6) is 1.26. The molecule has 0 spiro atoms. The molecule has 0 unspecified atom stereocenters. The summed E-state index contributed by atoms with van der Waals surface area (Å²) in [5.41, 5.74) is 2.70. The molecule has 4 aromatic rings. The van der Waals surface area contributed by atoms with Crippen LogP contribution in [0.15, 0.2) is 47.6 Å². The highest BCUT2D eigenvalue weighted by Crippen LogP contribution is 2.26. The zero-order chi connectivity index (χ0) is 16.5. The van der Waals surface area contributed by atoms with E-state index in [1.165, 1.54) is 11.8 Å². The van der Waals surface area contributed by atoms with Gasteiger partial charge in [0.1, 0.15) is 0 Å². The van der Waals surface area contributed by atoms with Crippen LogP contribution < -0.4 is 0 Å². The molecule has 0 bridgehead atoms. The van der Waals surface area contributed by atoms with Crippen LogP contribution in [-0.2, 0) is 5.75 Å². The molecule has 4 rings (SSSR count). The third kappa shape index (κ3) is 2.98. The Morgan fingerprint density at radius 2 is 1.96 bits per heavy atom. The molecular formula is C15H10Cl2N6S. The maximum atomic E-state index is 6.07. The lowest BCUT2D eigenvalue weighted by molar-refractivity contribution is 0.777. The highest BCUT2D eigenvalue weighted by atomic mass is 35.5. The first-order valence-corrected chi connectivity index (χ1v) is 8.75. The van der Waals surface area contributed by atoms with E-state index < -0.39 is 0 Å². The smallest absolute Gasteiger partial charge is 0.167 e. The summed E-state index contributed by atoms with van der Waals surface area (Å²) in [7, 11) is 0. The number of fused-ring (bicyclic) bond motifs is 1. The molecule has 0 radical (unpaired) electrons. The van der Waals surface area contributed by atoms with Gasteiger partial charge in [0.25, 0.3) is 0 Å². The SMILES string of the molecule is Clc1ccc(-n2nnnc2CSc2nc3ccccc3[nH]2)cc1Cl. The van der Waals surface area contributed by atoms with Crippen LogP contribution in [0.25, 0.3) is 16.7 Å². The van der Waals surface area contributed by atoms with Crippen LogP contribution in [0.4, 0.5) is 0 Å². The first-order chi connectivity index (χ1) is 11.7. The number of nitrogens with zero attached hydrogens (tertiary/aromatic N) is 5. The fourth-order valence-corrected chi connectivity index (χ4v) is 3.33. The van der Waals surface area contributed by atoms with E-state index in [0.29, 0.717) is 21.6 Å². The van der Waals surface area contributed by atoms with E-state index >= 15 is 0 Å². The van der Waals surface area contributed by atoms with E-state index in [1.807, 2.05) is 30.3 Å². The van der Waals surface area contributed by atoms with Crippen molar-refractivity contribution in [3.63, 3.8) is 0 Å². The maximum Gasteiger partial charge on any atom is 0.167 e. The molecule has 0 saturated carbocycles. The zero-order valence-corrected chi connectivity index (χ0v) is 14.5. The Morgan fingerprint density at radius 3 is 2.79 bits per heavy atom. The van der Waals surface area contributed by atoms with E-state index in [1.54, 1.807) is 16.8 Å². The largest absolute Gasteiger partial charge is 0.333 e. The van der Waals surface area contributed by atoms with E-state index in [9.17, 15) is 0 Å². The van der Waals surface area contributed by atoms with E-state index in [4.69, 9.17) is 23.2 Å². The number of nitrogens with one attached hydrogen (secondary N) is 1. The van der Waals surface area contributed by atoms with Crippen molar-refractivity contribution >= 4 is 46.0 Å². The van der Waals surface area contributed by atoms with Crippen molar-refractivity contribution in [1.29, 1.82) is 0 Å². The van der Waals surface area contributed by atoms with Gasteiger partial charge in [0.15, 0.2) is 11.0 Å². The minimum atomic E-state index is 0.459. The lowest BCUT2D eigenvalue weighted by Gasteiger charge is -2.05. The Labute approximate surface area is 151 Å². The molecule has 0 aliphatic heterocycles. The van der Waals surface area contributed by atoms with Gasteiger partial charge in [0.05, 0.1) is 32.5 Å². The van der Waals surface area contributed by atoms with Crippen LogP contribution in [0.5, 0.6) is 0 Å². The second-order valence-electron chi connectivity index (χ2n) is 4.95. The molecule has 0 saturated heterocycles. The van der Waals surface area contributed by atoms with Crippen LogP contribution in [0.2, 0.25) is 10.0 Å². The van der Waals surface area contributed by atoms with Gasteiger partial charge < -0.3 is 4.98 Å². The number of tetrazole rings is 1. The number of para-hydroxylation sites is 2. The van der Waals surface area contributed by atoms with Crippen LogP contribution in [-0.4, -0.2) is 30.2 Å². The van der Waals surface area contributed by atoms with Gasteiger partial charge in [-0.15, -0.1) is 5.10 Å². The average molecular weight is 377 g/mol. The van der Waals surface area contributed by atoms with Crippen molar-refractivity contribution in [1.82, 2.24) is 30.2 Å². The summed E-state index contributed by atoms with van der Waals surface area (Å²) < 4.78 is 1.64. The van der Waals surface area contributed by atoms with Crippen molar-refractivity contribution < 1.29 is 0 Å². The van der Waals surface area contributed by atoms with Gasteiger partial charge in [0.2, 0.25) is 0 Å². The molecule has 2 aromatic heterocycles. The molecule has 0 atom stereocenters. The number of aromatic nitrogens is 6. The van der Waals surface area contributed by atoms with Crippen molar-refractivity contribution in [3.05, 3.63) is 58.3 Å². The Balaban J connectivity index is 1.57. The minimum absolute atomic E-state index is 0.459. The lowest BCUT2D eigenvalue weighted by atomic mass is 10.3. The lowest BCUT2D eigenvalue weighted by Crippen LogP contribution is -2.02. The standard InChI is InChI=1S/C15H10Cl2N6S/c16-10-6-5-9(7-11(10)17)23-14(20-21-22-23)8-24-15-18-12-3-1-2-4-13(12)19-15/h1-7H,8H2,(H,18,19). The predicted octanol–water partition coefficient (Wildman–Crippen LogP) is 4.14. The molecule has 0 amide bonds. The number of H-pyrrole nitrogens is 1. The number of aromatic amines is 1. The second-order valence-corrected chi connectivity index (χ2v) is 6.73. The summed E-state index contributed by atoms with van der Waals surface area (Å²) in [6.07, 6.45) is 0. The summed E-state index contributed by atoms with van der Waals surface area (Å²) in [4.78, 5) is 7.80. The van der Waals surface area contributed by atoms with Crippen LogP contribution >= 0.6 is 35.0 Å². The third-order valence-electron chi connectivity index (χ3n) is 3.39. The first-order valence-electron chi connectivity index (χ1n) is 7.01. The van der Waals surface area contributed by atoms with Crippen molar-refractivity contribution in [3.8, 4) is 5.69 Å². The molecule has 120 valence electrons. The quantitative estimate of drug-likeness (QED) is 0.541. The molecule has 0 aliphatic carbocycles. The van der Waals surface area contributed by atoms with Gasteiger partial charge in [-0.2, -0.15) is 4.68 Å². The van der Waals surface area contributed by atoms with Gasteiger partial charge in [0, 0.05) is 0 Å². The Morgan fingerprint density at radius 1 is 1.08 bits per heavy atom. The van der Waals surface area contributed by atoms with Crippen molar-refractivity contribution in [2.45, 2.75) is 10.9 Å². The third-order valence-corrected chi connectivity index (χ3v) is 5.00. The van der Waals surface area contributed by atoms with Crippen LogP contribution in [0, 0.1) is 0 Å². The number of imidazole rings is 1. The topological polar surface area (TPSA) is 72.3 Å². The van der Waals surface area contributed by atoms with E-state index in [0.717, 1.165) is 21.9 Å². The van der Waals surface area contributed by atoms with Gasteiger partial charge >= 0.3 is 0 Å². The fourth-order valence-electron chi connectivity index (χ4n) is 2.24. The number of hydrogen-bond donors (Lipinski definition) is 1. The Hall–Kier alpha value is -2.09. The number of halogens is 2. The second kappa shape index (κ2) is 6.43. The number of rotatable bonds is 4. The van der Waals surface area contributed by atoms with Crippen LogP contribution in [0.1, 0.15) is 5.82 Å². The molecule has 2 aromatic carbocycles. The van der Waals surface area contributed by atoms with Crippen LogP contribution in [0.3, 0.4) is 0 Å². The van der Waals surface area contributed by atoms with Gasteiger partial charge in [-0.1, -0.05) is 47.1 Å². The fraction of sp³-hybridized carbons (Fsp3) is 0.0667. The van der Waals surface area contributed by atoms with Crippen molar-refractivity contribution in [2.75, 3.05) is 0 Å². The number of hydrogen-bond acceptors (Lipinski definition) is 5. The molecule has 1 N–H and O–H groups in total. The molecule has 2 heterocycles. The predicted molar refractivity (Wildman–Crippen MR) is 94.8 cm³/mol. The van der Waals surface area contributed by atoms with E-state index in [-0.39, 0.29) is 0 Å². The molecule has 0 aliphatic rings. The van der Waals surface area contributed by atoms with Gasteiger partial charge in [-0.25, -0.2) is 4.98 Å². The molecule has 24 heavy (non-hydrogen) atoms. The summed E-state index contributed by atoms with van der Waals surface area (Å²) in [5, 5.41) is 13.6. The molecule has 9 heteroatoms. The summed E-state index contributed by atoms with van der Waals surface area (Å²) >= 11 is 13.6. The zero-order valence-electron chi connectivity index (χ0n) is 12.1. The molecule has 6 nitrogen and oxygen atoms in total. The summed E-state index contributed by atoms with van der Waals surface area (Å²) in [6, 6.07) is 13.2. The highest BCUT2D eigenvalue weighted by molar-refractivity contribution is 7.98. The summed E-state index contributed by atoms with van der Waals surface area (Å²) in [6.45, 7) is 0. The number of benzene rings is 2. The Kier molecular flexibility index (Phi) is 4.13. The molecular weight excluding hydrogens is 367 g/mol.